The van der Waals surface area contributed by atoms with Gasteiger partial charge in [-0.3, -0.25) is 14.5 Å². The maximum absolute atomic E-state index is 13.2. The van der Waals surface area contributed by atoms with Crippen LogP contribution in [0.3, 0.4) is 0 Å². The van der Waals surface area contributed by atoms with Crippen LogP contribution in [0, 0.1) is 0 Å². The third-order valence-corrected chi connectivity index (χ3v) is 7.00. The number of aryl methyl sites for hydroxylation is 1. The summed E-state index contributed by atoms with van der Waals surface area (Å²) in [7, 11) is 0. The first-order valence-electron chi connectivity index (χ1n) is 10.6. The number of nitrogens with zero attached hydrogens (tertiary/aromatic N) is 1. The molecule has 0 radical (unpaired) electrons. The van der Waals surface area contributed by atoms with Crippen molar-refractivity contribution >= 4 is 34.5 Å². The normalized spacial score (nSPS) is 20.6. The molecule has 1 fully saturated rings. The summed E-state index contributed by atoms with van der Waals surface area (Å²) in [5.41, 5.74) is 2.03. The highest BCUT2D eigenvalue weighted by atomic mass is 32.1. The number of ether oxygens (including phenoxy) is 3. The number of anilines is 1. The quantitative estimate of drug-likeness (QED) is 0.353. The molecule has 3 aliphatic heterocycles. The monoisotopic (exact) mass is 461 g/mol. The van der Waals surface area contributed by atoms with Crippen molar-refractivity contribution in [3.63, 3.8) is 0 Å². The van der Waals surface area contributed by atoms with Gasteiger partial charge in [0.25, 0.3) is 11.7 Å². The minimum absolute atomic E-state index is 0.0665. The van der Waals surface area contributed by atoms with Crippen LogP contribution in [0.5, 0.6) is 17.2 Å². The minimum Gasteiger partial charge on any atom is -0.507 e. The highest BCUT2D eigenvalue weighted by Crippen LogP contribution is 2.46. The Bertz CT molecular complexity index is 1310. The average Bonchev–Trinajstić information content (AvgIpc) is 3.58. The number of hydrogen-bond donors (Lipinski definition) is 1. The molecule has 4 heterocycles. The van der Waals surface area contributed by atoms with E-state index in [0.717, 1.165) is 29.0 Å². The molecule has 1 unspecified atom stereocenters. The maximum Gasteiger partial charge on any atom is 0.300 e. The molecule has 2 aromatic carbocycles. The second-order valence-electron chi connectivity index (χ2n) is 8.00. The SMILES string of the molecule is O=C1C(=O)N(c2ccc3c(c2)OCO3)C(c2cccs2)/C1=C(/O)c1ccc2c(c1)CCCO2. The molecule has 1 amide bonds. The summed E-state index contributed by atoms with van der Waals surface area (Å²) in [6, 6.07) is 13.4. The molecule has 8 heteroatoms. The van der Waals surface area contributed by atoms with Crippen LogP contribution >= 0.6 is 11.3 Å². The fourth-order valence-electron chi connectivity index (χ4n) is 4.51. The molecule has 6 rings (SSSR count). The number of thiophene rings is 1. The van der Waals surface area contributed by atoms with E-state index in [1.165, 1.54) is 16.2 Å². The van der Waals surface area contributed by atoms with Gasteiger partial charge in [-0.05, 0) is 60.2 Å². The first kappa shape index (κ1) is 19.9. The van der Waals surface area contributed by atoms with Crippen LogP contribution in [-0.2, 0) is 16.0 Å². The van der Waals surface area contributed by atoms with Crippen LogP contribution in [0.25, 0.3) is 5.76 Å². The Labute approximate surface area is 193 Å². The molecular formula is C25H19NO6S. The minimum atomic E-state index is -0.752. The summed E-state index contributed by atoms with van der Waals surface area (Å²) >= 11 is 1.42. The number of carbonyl (C=O) groups is 2. The topological polar surface area (TPSA) is 85.3 Å². The third-order valence-electron chi connectivity index (χ3n) is 6.07. The molecule has 33 heavy (non-hydrogen) atoms. The number of hydrogen-bond acceptors (Lipinski definition) is 7. The van der Waals surface area contributed by atoms with Gasteiger partial charge < -0.3 is 19.3 Å². The Morgan fingerprint density at radius 3 is 2.70 bits per heavy atom. The number of amides is 1. The van der Waals surface area contributed by atoms with E-state index in [2.05, 4.69) is 0 Å². The lowest BCUT2D eigenvalue weighted by atomic mass is 9.97. The van der Waals surface area contributed by atoms with Gasteiger partial charge in [0.2, 0.25) is 6.79 Å². The molecule has 1 atom stereocenters. The molecule has 1 N–H and O–H groups in total. The molecule has 1 saturated heterocycles. The summed E-state index contributed by atoms with van der Waals surface area (Å²) in [5.74, 6) is 0.262. The maximum atomic E-state index is 13.2. The fraction of sp³-hybridized carbons (Fsp3) is 0.200. The number of ketones is 1. The number of aliphatic hydroxyl groups is 1. The van der Waals surface area contributed by atoms with Gasteiger partial charge in [0.05, 0.1) is 12.2 Å². The van der Waals surface area contributed by atoms with E-state index in [1.54, 1.807) is 30.3 Å². The van der Waals surface area contributed by atoms with Crippen LogP contribution in [0.2, 0.25) is 0 Å². The molecule has 0 aliphatic carbocycles. The molecular weight excluding hydrogens is 442 g/mol. The third kappa shape index (κ3) is 3.17. The van der Waals surface area contributed by atoms with E-state index in [1.807, 2.05) is 23.6 Å². The van der Waals surface area contributed by atoms with E-state index in [9.17, 15) is 14.7 Å². The van der Waals surface area contributed by atoms with Crippen LogP contribution in [0.1, 0.15) is 28.5 Å². The van der Waals surface area contributed by atoms with E-state index in [0.29, 0.717) is 29.4 Å². The van der Waals surface area contributed by atoms with Crippen LogP contribution < -0.4 is 19.1 Å². The Morgan fingerprint density at radius 1 is 1.00 bits per heavy atom. The highest BCUT2D eigenvalue weighted by molar-refractivity contribution is 7.10. The van der Waals surface area contributed by atoms with Crippen molar-refractivity contribution in [3.05, 3.63) is 75.5 Å². The van der Waals surface area contributed by atoms with Gasteiger partial charge >= 0.3 is 0 Å². The summed E-state index contributed by atoms with van der Waals surface area (Å²) in [6.45, 7) is 0.769. The predicted molar refractivity (Wildman–Crippen MR) is 122 cm³/mol. The van der Waals surface area contributed by atoms with Crippen LogP contribution in [0.4, 0.5) is 5.69 Å². The summed E-state index contributed by atoms with van der Waals surface area (Å²) in [5, 5.41) is 13.2. The number of benzene rings is 2. The van der Waals surface area contributed by atoms with Gasteiger partial charge in [-0.25, -0.2) is 0 Å². The largest absolute Gasteiger partial charge is 0.507 e. The van der Waals surface area contributed by atoms with Crippen LogP contribution in [-0.4, -0.2) is 30.2 Å². The molecule has 7 nitrogen and oxygen atoms in total. The number of aliphatic hydroxyl groups excluding tert-OH is 1. The van der Waals surface area contributed by atoms with E-state index in [4.69, 9.17) is 14.2 Å². The van der Waals surface area contributed by atoms with Crippen molar-refractivity contribution in [2.45, 2.75) is 18.9 Å². The number of Topliss-reactive ketones (excluding diaryl/α,β-unsaturated/α-hetero) is 1. The zero-order valence-electron chi connectivity index (χ0n) is 17.4. The summed E-state index contributed by atoms with van der Waals surface area (Å²) in [4.78, 5) is 28.7. The Hall–Kier alpha value is -3.78. The second kappa shape index (κ2) is 7.67. The molecule has 1 aromatic heterocycles. The fourth-order valence-corrected chi connectivity index (χ4v) is 5.34. The Morgan fingerprint density at radius 2 is 1.85 bits per heavy atom. The number of fused-ring (bicyclic) bond motifs is 2. The van der Waals surface area contributed by atoms with Crippen molar-refractivity contribution in [3.8, 4) is 17.2 Å². The zero-order valence-corrected chi connectivity index (χ0v) is 18.3. The van der Waals surface area contributed by atoms with Gasteiger partial charge in [-0.1, -0.05) is 6.07 Å². The van der Waals surface area contributed by atoms with Gasteiger partial charge in [0.15, 0.2) is 11.5 Å². The van der Waals surface area contributed by atoms with Crippen molar-refractivity contribution in [1.29, 1.82) is 0 Å². The van der Waals surface area contributed by atoms with Gasteiger partial charge in [-0.2, -0.15) is 0 Å². The van der Waals surface area contributed by atoms with Crippen LogP contribution in [0.15, 0.2) is 59.5 Å². The van der Waals surface area contributed by atoms with Gasteiger partial charge in [0.1, 0.15) is 17.6 Å². The molecule has 0 bridgehead atoms. The molecule has 3 aliphatic rings. The summed E-state index contributed by atoms with van der Waals surface area (Å²) < 4.78 is 16.5. The molecule has 0 spiro atoms. The first-order chi connectivity index (χ1) is 16.1. The van der Waals surface area contributed by atoms with Crippen molar-refractivity contribution < 1.29 is 28.9 Å². The van der Waals surface area contributed by atoms with Gasteiger partial charge in [0, 0.05) is 22.2 Å². The lowest BCUT2D eigenvalue weighted by Gasteiger charge is -2.24. The van der Waals surface area contributed by atoms with Crippen molar-refractivity contribution in [1.82, 2.24) is 0 Å². The number of carbonyl (C=O) groups excluding carboxylic acids is 2. The lowest BCUT2D eigenvalue weighted by Crippen LogP contribution is -2.29. The number of rotatable bonds is 3. The Balaban J connectivity index is 1.50. The molecule has 166 valence electrons. The van der Waals surface area contributed by atoms with Crippen molar-refractivity contribution in [2.75, 3.05) is 18.3 Å². The van der Waals surface area contributed by atoms with Gasteiger partial charge in [-0.15, -0.1) is 11.3 Å². The van der Waals surface area contributed by atoms with Crippen molar-refractivity contribution in [2.24, 2.45) is 0 Å². The summed E-state index contributed by atoms with van der Waals surface area (Å²) in [6.07, 6.45) is 1.72. The van der Waals surface area contributed by atoms with E-state index < -0.39 is 17.7 Å². The standard InChI is InChI=1S/C25H19NO6S/c27-23(15-5-7-17-14(11-15)3-1-9-30-17)21-22(20-4-2-10-33-20)26(25(29)24(21)28)16-6-8-18-19(12-16)32-13-31-18/h2,4-8,10-12,22,27H,1,3,9,13H2/b23-21-. The Kier molecular flexibility index (Phi) is 4.62. The lowest BCUT2D eigenvalue weighted by molar-refractivity contribution is -0.132. The smallest absolute Gasteiger partial charge is 0.300 e. The van der Waals surface area contributed by atoms with E-state index in [-0.39, 0.29) is 18.1 Å². The average molecular weight is 461 g/mol. The predicted octanol–water partition coefficient (Wildman–Crippen LogP) is 4.43. The first-order valence-corrected chi connectivity index (χ1v) is 11.5. The molecule has 0 saturated carbocycles. The zero-order chi connectivity index (χ0) is 22.5. The highest BCUT2D eigenvalue weighted by Gasteiger charge is 2.47. The second-order valence-corrected chi connectivity index (χ2v) is 8.98. The van der Waals surface area contributed by atoms with E-state index >= 15 is 0 Å². The molecule has 3 aromatic rings.